The van der Waals surface area contributed by atoms with Crippen LogP contribution in [0.1, 0.15) is 146 Å². The van der Waals surface area contributed by atoms with E-state index in [2.05, 4.69) is 51.1 Å². The molecule has 0 N–H and O–H groups in total. The molecule has 0 nitrogen and oxygen atoms in total. The number of rotatable bonds is 20. The number of fused-ring (bicyclic) bond motifs is 1. The summed E-state index contributed by atoms with van der Waals surface area (Å²) in [6, 6.07) is 11.6. The molecule has 0 heteroatoms. The van der Waals surface area contributed by atoms with Crippen LogP contribution in [0.2, 0.25) is 0 Å². The van der Waals surface area contributed by atoms with Gasteiger partial charge in [0.2, 0.25) is 0 Å². The van der Waals surface area contributed by atoms with E-state index in [0.717, 1.165) is 0 Å². The quantitative estimate of drug-likeness (QED) is 0.176. The highest BCUT2D eigenvalue weighted by atomic mass is 14.2. The number of aryl methyl sites for hydroxylation is 2. The van der Waals surface area contributed by atoms with Crippen LogP contribution < -0.4 is 0 Å². The second-order valence-corrected chi connectivity index (χ2v) is 10.5. The lowest BCUT2D eigenvalue weighted by Crippen LogP contribution is -2.01. The number of hydrogen-bond donors (Lipinski definition) is 0. The first-order chi connectivity index (χ1) is 16.3. The molecule has 0 saturated heterocycles. The van der Waals surface area contributed by atoms with E-state index >= 15 is 0 Å². The van der Waals surface area contributed by atoms with Crippen LogP contribution in [0.25, 0.3) is 10.8 Å². The summed E-state index contributed by atoms with van der Waals surface area (Å²) >= 11 is 0. The van der Waals surface area contributed by atoms with Gasteiger partial charge in [-0.15, -0.1) is 0 Å². The summed E-state index contributed by atoms with van der Waals surface area (Å²) in [5.74, 6) is 0. The largest absolute Gasteiger partial charge is 0.0654 e. The Morgan fingerprint density at radius 3 is 1.42 bits per heavy atom. The molecule has 0 radical (unpaired) electrons. The molecule has 33 heavy (non-hydrogen) atoms. The Morgan fingerprint density at radius 1 is 0.485 bits per heavy atom. The van der Waals surface area contributed by atoms with Gasteiger partial charge < -0.3 is 0 Å². The third-order valence-electron chi connectivity index (χ3n) is 7.56. The van der Waals surface area contributed by atoms with Crippen molar-refractivity contribution in [1.29, 1.82) is 0 Å². The Hall–Kier alpha value is -1.30. The highest BCUT2D eigenvalue weighted by Crippen LogP contribution is 2.29. The van der Waals surface area contributed by atoms with E-state index < -0.39 is 0 Å². The number of benzene rings is 2. The fourth-order valence-corrected chi connectivity index (χ4v) is 5.48. The van der Waals surface area contributed by atoms with Crippen molar-refractivity contribution in [3.8, 4) is 0 Å². The van der Waals surface area contributed by atoms with Crippen molar-refractivity contribution in [2.45, 2.75) is 149 Å². The first-order valence-corrected chi connectivity index (χ1v) is 14.8. The molecule has 0 spiro atoms. The molecule has 0 bridgehead atoms. The van der Waals surface area contributed by atoms with Crippen molar-refractivity contribution >= 4 is 10.8 Å². The molecule has 0 amide bonds. The molecule has 0 fully saturated rings. The first-order valence-electron chi connectivity index (χ1n) is 14.8. The molecule has 0 aliphatic rings. The summed E-state index contributed by atoms with van der Waals surface area (Å²) in [5, 5.41) is 2.96. The summed E-state index contributed by atoms with van der Waals surface area (Å²) in [4.78, 5) is 0. The zero-order chi connectivity index (χ0) is 23.6. The topological polar surface area (TPSA) is 0 Å². The van der Waals surface area contributed by atoms with Crippen LogP contribution in [0.4, 0.5) is 0 Å². The average molecular weight is 451 g/mol. The zero-order valence-electron chi connectivity index (χ0n) is 22.5. The summed E-state index contributed by atoms with van der Waals surface area (Å²) in [6.07, 6.45) is 28.0. The number of unbranched alkanes of at least 4 members (excludes halogenated alkanes) is 16. The van der Waals surface area contributed by atoms with Crippen LogP contribution in [-0.4, -0.2) is 0 Å². The molecule has 0 atom stereocenters. The monoisotopic (exact) mass is 450 g/mol. The Bertz CT molecular complexity index is 741. The van der Waals surface area contributed by atoms with Gasteiger partial charge in [0.1, 0.15) is 0 Å². The molecule has 0 aliphatic carbocycles. The van der Waals surface area contributed by atoms with Gasteiger partial charge >= 0.3 is 0 Å². The van der Waals surface area contributed by atoms with Crippen molar-refractivity contribution < 1.29 is 0 Å². The third kappa shape index (κ3) is 11.1. The van der Waals surface area contributed by atoms with Crippen LogP contribution in [0.5, 0.6) is 0 Å². The Labute approximate surface area is 207 Å². The predicted octanol–water partition coefficient (Wildman–Crippen LogP) is 11.3. The lowest BCUT2D eigenvalue weighted by molar-refractivity contribution is 0.555. The minimum Gasteiger partial charge on any atom is -0.0654 e. The van der Waals surface area contributed by atoms with E-state index in [1.165, 1.54) is 145 Å². The molecule has 186 valence electrons. The van der Waals surface area contributed by atoms with E-state index in [1.807, 2.05) is 0 Å². The van der Waals surface area contributed by atoms with Gasteiger partial charge in [0.05, 0.1) is 0 Å². The van der Waals surface area contributed by atoms with E-state index in [1.54, 1.807) is 11.1 Å². The van der Waals surface area contributed by atoms with Crippen molar-refractivity contribution in [2.24, 2.45) is 0 Å². The number of hydrogen-bond acceptors (Lipinski definition) is 0. The Kier molecular flexibility index (Phi) is 15.3. The molecule has 2 aromatic carbocycles. The Morgan fingerprint density at radius 2 is 0.909 bits per heavy atom. The van der Waals surface area contributed by atoms with Crippen molar-refractivity contribution in [1.82, 2.24) is 0 Å². The average Bonchev–Trinajstić information content (AvgIpc) is 2.83. The maximum absolute atomic E-state index is 2.44. The lowest BCUT2D eigenvalue weighted by Gasteiger charge is -2.17. The molecule has 0 aliphatic heterocycles. The maximum atomic E-state index is 2.44. The van der Waals surface area contributed by atoms with Gasteiger partial charge in [-0.05, 0) is 60.1 Å². The predicted molar refractivity (Wildman–Crippen MR) is 151 cm³/mol. The van der Waals surface area contributed by atoms with E-state index in [-0.39, 0.29) is 0 Å². The summed E-state index contributed by atoms with van der Waals surface area (Å²) in [6.45, 7) is 6.96. The van der Waals surface area contributed by atoms with Crippen molar-refractivity contribution in [3.63, 3.8) is 0 Å². The molecule has 0 saturated carbocycles. The van der Waals surface area contributed by atoms with Crippen LogP contribution in [-0.2, 0) is 12.8 Å². The van der Waals surface area contributed by atoms with E-state index in [0.29, 0.717) is 0 Å². The van der Waals surface area contributed by atoms with E-state index in [9.17, 15) is 0 Å². The third-order valence-corrected chi connectivity index (χ3v) is 7.56. The molecular weight excluding hydrogens is 396 g/mol. The molecule has 0 unspecified atom stereocenters. The second-order valence-electron chi connectivity index (χ2n) is 10.5. The highest BCUT2D eigenvalue weighted by molar-refractivity contribution is 5.87. The van der Waals surface area contributed by atoms with Crippen molar-refractivity contribution in [3.05, 3.63) is 47.0 Å². The van der Waals surface area contributed by atoms with Gasteiger partial charge in [0, 0.05) is 0 Å². The second kappa shape index (κ2) is 18.1. The Balaban J connectivity index is 1.81. The standard InChI is InChI=1S/C33H54/c1-4-6-8-10-12-14-15-17-19-21-27-33-31(25-20-18-16-13-11-9-7-5-2)29(3)28-30-24-22-23-26-32(30)33/h22-24,26,28H,4-21,25,27H2,1-3H3. The summed E-state index contributed by atoms with van der Waals surface area (Å²) in [5.41, 5.74) is 4.88. The zero-order valence-corrected chi connectivity index (χ0v) is 22.5. The first kappa shape index (κ1) is 27.9. The van der Waals surface area contributed by atoms with Gasteiger partial charge in [-0.2, -0.15) is 0 Å². The lowest BCUT2D eigenvalue weighted by atomic mass is 9.88. The SMILES string of the molecule is CCCCCCCCCCCCc1c(CCCCCCCCCC)c(C)cc2ccccc12. The molecule has 2 aromatic rings. The van der Waals surface area contributed by atoms with Crippen molar-refractivity contribution in [2.75, 3.05) is 0 Å². The van der Waals surface area contributed by atoms with Crippen LogP contribution in [0.3, 0.4) is 0 Å². The normalized spacial score (nSPS) is 11.5. The van der Waals surface area contributed by atoms with Crippen LogP contribution in [0, 0.1) is 6.92 Å². The van der Waals surface area contributed by atoms with Crippen LogP contribution >= 0.6 is 0 Å². The molecule has 2 rings (SSSR count). The fraction of sp³-hybridized carbons (Fsp3) is 0.697. The van der Waals surface area contributed by atoms with Gasteiger partial charge in [-0.1, -0.05) is 147 Å². The molecule has 0 heterocycles. The molecule has 0 aromatic heterocycles. The summed E-state index contributed by atoms with van der Waals surface area (Å²) < 4.78 is 0. The van der Waals surface area contributed by atoms with E-state index in [4.69, 9.17) is 0 Å². The minimum atomic E-state index is 1.27. The van der Waals surface area contributed by atoms with Gasteiger partial charge in [-0.3, -0.25) is 0 Å². The fourth-order valence-electron chi connectivity index (χ4n) is 5.48. The minimum absolute atomic E-state index is 1.27. The highest BCUT2D eigenvalue weighted by Gasteiger charge is 2.11. The van der Waals surface area contributed by atoms with Gasteiger partial charge in [0.25, 0.3) is 0 Å². The van der Waals surface area contributed by atoms with Gasteiger partial charge in [-0.25, -0.2) is 0 Å². The smallest absolute Gasteiger partial charge is 0.0149 e. The summed E-state index contributed by atoms with van der Waals surface area (Å²) in [7, 11) is 0. The molecular formula is C33H54. The van der Waals surface area contributed by atoms with Crippen LogP contribution in [0.15, 0.2) is 30.3 Å². The maximum Gasteiger partial charge on any atom is -0.0149 e. The van der Waals surface area contributed by atoms with Gasteiger partial charge in [0.15, 0.2) is 0 Å².